The zero-order valence-electron chi connectivity index (χ0n) is 5.83. The van der Waals surface area contributed by atoms with Crippen LogP contribution in [0.5, 0.6) is 5.75 Å². The van der Waals surface area contributed by atoms with Crippen LogP contribution in [0.4, 0.5) is 4.39 Å². The van der Waals surface area contributed by atoms with Crippen LogP contribution in [-0.2, 0) is 0 Å². The lowest BCUT2D eigenvalue weighted by molar-refractivity contribution is 0.410. The van der Waals surface area contributed by atoms with Crippen LogP contribution >= 0.6 is 15.9 Å². The van der Waals surface area contributed by atoms with E-state index in [2.05, 4.69) is 15.9 Å². The number of hydrogen-bond donors (Lipinski definition) is 3. The quantitative estimate of drug-likeness (QED) is 0.599. The normalized spacial score (nSPS) is 10.0. The van der Waals surface area contributed by atoms with E-state index in [0.717, 1.165) is 6.07 Å². The van der Waals surface area contributed by atoms with Crippen molar-refractivity contribution in [2.45, 2.75) is 0 Å². The second kappa shape index (κ2) is 3.43. The highest BCUT2D eigenvalue weighted by Crippen LogP contribution is 2.18. The number of rotatable bonds is 1. The maximum atomic E-state index is 12.7. The predicted molar refractivity (Wildman–Crippen MR) is 45.6 cm³/mol. The van der Waals surface area contributed by atoms with Crippen LogP contribution in [0.3, 0.4) is 0 Å². The molecule has 0 spiro atoms. The highest BCUT2D eigenvalue weighted by molar-refractivity contribution is 9.10. The summed E-state index contributed by atoms with van der Waals surface area (Å²) in [4.78, 5) is 0. The Bertz CT molecular complexity index is 305. The second-order valence-electron chi connectivity index (χ2n) is 2.20. The highest BCUT2D eigenvalue weighted by Gasteiger charge is 2.19. The summed E-state index contributed by atoms with van der Waals surface area (Å²) in [5, 5.41) is 26.3. The van der Waals surface area contributed by atoms with Gasteiger partial charge in [0.05, 0.1) is 0 Å². The molecule has 12 heavy (non-hydrogen) atoms. The molecule has 0 bridgehead atoms. The Labute approximate surface area is 76.7 Å². The third-order valence-electron chi connectivity index (χ3n) is 1.34. The topological polar surface area (TPSA) is 60.7 Å². The average Bonchev–Trinajstić information content (AvgIpc) is 1.96. The molecule has 6 heteroatoms. The van der Waals surface area contributed by atoms with E-state index in [9.17, 15) is 4.39 Å². The van der Waals surface area contributed by atoms with Gasteiger partial charge in [0.25, 0.3) is 0 Å². The first-order chi connectivity index (χ1) is 5.52. The summed E-state index contributed by atoms with van der Waals surface area (Å²) in [6, 6.07) is 2.25. The minimum absolute atomic E-state index is 0.262. The molecule has 0 aliphatic rings. The summed E-state index contributed by atoms with van der Waals surface area (Å²) >= 11 is 2.94. The van der Waals surface area contributed by atoms with E-state index in [1.54, 1.807) is 0 Å². The van der Waals surface area contributed by atoms with Gasteiger partial charge in [-0.3, -0.25) is 0 Å². The Morgan fingerprint density at radius 2 is 1.92 bits per heavy atom. The molecule has 0 saturated heterocycles. The van der Waals surface area contributed by atoms with Gasteiger partial charge in [0.1, 0.15) is 0 Å². The fraction of sp³-hybridized carbons (Fsp3) is 0. The summed E-state index contributed by atoms with van der Waals surface area (Å²) in [5.74, 6) is -1.64. The zero-order valence-corrected chi connectivity index (χ0v) is 7.42. The number of halogens is 2. The van der Waals surface area contributed by atoms with Gasteiger partial charge in [0.15, 0.2) is 11.6 Å². The van der Waals surface area contributed by atoms with Gasteiger partial charge in [0.2, 0.25) is 0 Å². The van der Waals surface area contributed by atoms with Crippen LogP contribution < -0.4 is 5.46 Å². The summed E-state index contributed by atoms with van der Waals surface area (Å²) in [5.41, 5.74) is -0.262. The van der Waals surface area contributed by atoms with Crippen LogP contribution in [0, 0.1) is 5.82 Å². The summed E-state index contributed by atoms with van der Waals surface area (Å²) in [6.45, 7) is 0. The highest BCUT2D eigenvalue weighted by atomic mass is 79.9. The van der Waals surface area contributed by atoms with Gasteiger partial charge in [-0.25, -0.2) is 4.39 Å². The second-order valence-corrected chi connectivity index (χ2v) is 3.11. The molecule has 0 radical (unpaired) electrons. The largest absolute Gasteiger partial charge is 0.505 e. The van der Waals surface area contributed by atoms with E-state index >= 15 is 0 Å². The van der Waals surface area contributed by atoms with Crippen LogP contribution in [0.25, 0.3) is 0 Å². The number of hydrogen-bond acceptors (Lipinski definition) is 3. The Kier molecular flexibility index (Phi) is 2.71. The van der Waals surface area contributed by atoms with Crippen molar-refractivity contribution in [2.75, 3.05) is 0 Å². The fourth-order valence-corrected chi connectivity index (χ4v) is 1.23. The van der Waals surface area contributed by atoms with Gasteiger partial charge in [0, 0.05) is 9.94 Å². The molecule has 3 N–H and O–H groups in total. The van der Waals surface area contributed by atoms with E-state index in [-0.39, 0.29) is 5.46 Å². The first-order valence-corrected chi connectivity index (χ1v) is 3.85. The standard InChI is InChI=1S/C6H5BBrFO3/c8-3-1-4(7(11)12)6(10)5(9)2-3/h1-2,10-12H. The SMILES string of the molecule is OB(O)c1cc(Br)cc(F)c1O. The van der Waals surface area contributed by atoms with E-state index in [0.29, 0.717) is 4.47 Å². The molecule has 1 aromatic rings. The number of benzene rings is 1. The Morgan fingerprint density at radius 3 is 2.42 bits per heavy atom. The van der Waals surface area contributed by atoms with Gasteiger partial charge in [-0.2, -0.15) is 0 Å². The lowest BCUT2D eigenvalue weighted by Crippen LogP contribution is -2.30. The van der Waals surface area contributed by atoms with Gasteiger partial charge >= 0.3 is 7.12 Å². The van der Waals surface area contributed by atoms with Crippen molar-refractivity contribution in [1.82, 2.24) is 0 Å². The van der Waals surface area contributed by atoms with Crippen molar-refractivity contribution < 1.29 is 19.5 Å². The molecule has 0 heterocycles. The summed E-state index contributed by atoms with van der Waals surface area (Å²) < 4.78 is 13.0. The Morgan fingerprint density at radius 1 is 1.33 bits per heavy atom. The Hall–Kier alpha value is -0.585. The molecule has 1 rings (SSSR count). The van der Waals surface area contributed by atoms with E-state index in [1.165, 1.54) is 6.07 Å². The van der Waals surface area contributed by atoms with Crippen LogP contribution in [0.2, 0.25) is 0 Å². The number of phenols is 1. The van der Waals surface area contributed by atoms with Gasteiger partial charge < -0.3 is 15.2 Å². The van der Waals surface area contributed by atoms with Gasteiger partial charge in [-0.15, -0.1) is 0 Å². The van der Waals surface area contributed by atoms with Crippen LogP contribution in [0.1, 0.15) is 0 Å². The zero-order chi connectivity index (χ0) is 9.30. The molecule has 3 nitrogen and oxygen atoms in total. The van der Waals surface area contributed by atoms with E-state index < -0.39 is 18.7 Å². The van der Waals surface area contributed by atoms with Crippen molar-refractivity contribution >= 4 is 28.5 Å². The molecule has 0 saturated carbocycles. The molecule has 0 aliphatic heterocycles. The molecule has 0 atom stereocenters. The van der Waals surface area contributed by atoms with Crippen molar-refractivity contribution in [3.8, 4) is 5.75 Å². The molecule has 64 valence electrons. The molecule has 0 fully saturated rings. The molecular formula is C6H5BBrFO3. The average molecular weight is 235 g/mol. The van der Waals surface area contributed by atoms with E-state index in [4.69, 9.17) is 15.2 Å². The van der Waals surface area contributed by atoms with Crippen LogP contribution in [-0.4, -0.2) is 22.3 Å². The predicted octanol–water partition coefficient (Wildman–Crippen LogP) is -0.0264. The minimum Gasteiger partial charge on any atom is -0.505 e. The van der Waals surface area contributed by atoms with Crippen molar-refractivity contribution in [3.05, 3.63) is 22.4 Å². The van der Waals surface area contributed by atoms with Crippen LogP contribution in [0.15, 0.2) is 16.6 Å². The van der Waals surface area contributed by atoms with Crippen molar-refractivity contribution in [3.63, 3.8) is 0 Å². The maximum Gasteiger partial charge on any atom is 0.492 e. The van der Waals surface area contributed by atoms with E-state index in [1.807, 2.05) is 0 Å². The Balaban J connectivity index is 3.28. The number of phenolic OH excluding ortho intramolecular Hbond substituents is 1. The minimum atomic E-state index is -1.88. The van der Waals surface area contributed by atoms with Crippen molar-refractivity contribution in [2.24, 2.45) is 0 Å². The van der Waals surface area contributed by atoms with Gasteiger partial charge in [-0.05, 0) is 12.1 Å². The first kappa shape index (κ1) is 9.50. The molecular weight excluding hydrogens is 230 g/mol. The molecule has 0 aromatic heterocycles. The number of aromatic hydroxyl groups is 1. The lowest BCUT2D eigenvalue weighted by atomic mass is 9.79. The van der Waals surface area contributed by atoms with Gasteiger partial charge in [-0.1, -0.05) is 15.9 Å². The monoisotopic (exact) mass is 234 g/mol. The maximum absolute atomic E-state index is 12.7. The summed E-state index contributed by atoms with van der Waals surface area (Å²) in [7, 11) is -1.88. The smallest absolute Gasteiger partial charge is 0.492 e. The first-order valence-electron chi connectivity index (χ1n) is 3.06. The molecule has 0 amide bonds. The summed E-state index contributed by atoms with van der Waals surface area (Å²) in [6.07, 6.45) is 0. The van der Waals surface area contributed by atoms with Crippen molar-refractivity contribution in [1.29, 1.82) is 0 Å². The third kappa shape index (κ3) is 1.77. The lowest BCUT2D eigenvalue weighted by Gasteiger charge is -2.04. The molecule has 0 unspecified atom stereocenters. The molecule has 1 aromatic carbocycles. The fourth-order valence-electron chi connectivity index (χ4n) is 0.783. The third-order valence-corrected chi connectivity index (χ3v) is 1.79. The molecule has 0 aliphatic carbocycles.